The van der Waals surface area contributed by atoms with Gasteiger partial charge >= 0.3 is 0 Å². The Morgan fingerprint density at radius 3 is 2.62 bits per heavy atom. The highest BCUT2D eigenvalue weighted by Gasteiger charge is 2.27. The molecule has 182 valence electrons. The Kier molecular flexibility index (Phi) is 7.04. The lowest BCUT2D eigenvalue weighted by atomic mass is 9.85. The molecular formula is C27H38N6O. The summed E-state index contributed by atoms with van der Waals surface area (Å²) in [5, 5.41) is 0. The molecule has 3 aromatic rings. The van der Waals surface area contributed by atoms with Crippen LogP contribution in [0.2, 0.25) is 0 Å². The molecule has 2 saturated heterocycles. The van der Waals surface area contributed by atoms with Crippen molar-refractivity contribution in [1.82, 2.24) is 14.9 Å². The highest BCUT2D eigenvalue weighted by Crippen LogP contribution is 2.37. The first-order valence-electron chi connectivity index (χ1n) is 12.7. The predicted molar refractivity (Wildman–Crippen MR) is 140 cm³/mol. The molecule has 2 aliphatic rings. The van der Waals surface area contributed by atoms with Gasteiger partial charge in [0, 0.05) is 51.5 Å². The number of H-pyrrole nitrogens is 1. The third-order valence-electron chi connectivity index (χ3n) is 7.30. The van der Waals surface area contributed by atoms with E-state index >= 15 is 0 Å². The normalized spacial score (nSPS) is 17.8. The number of aromatic nitrogens is 2. The second kappa shape index (κ2) is 10.3. The van der Waals surface area contributed by atoms with E-state index < -0.39 is 0 Å². The third-order valence-corrected chi connectivity index (χ3v) is 7.30. The minimum absolute atomic E-state index is 0.506. The molecule has 0 atom stereocenters. The van der Waals surface area contributed by atoms with Crippen molar-refractivity contribution < 1.29 is 4.74 Å². The van der Waals surface area contributed by atoms with Crippen LogP contribution in [0.25, 0.3) is 11.0 Å². The summed E-state index contributed by atoms with van der Waals surface area (Å²) in [5.74, 6) is 1.48. The van der Waals surface area contributed by atoms with Crippen molar-refractivity contribution >= 4 is 22.7 Å². The summed E-state index contributed by atoms with van der Waals surface area (Å²) in [4.78, 5) is 15.9. The van der Waals surface area contributed by atoms with Gasteiger partial charge in [-0.2, -0.15) is 0 Å². The van der Waals surface area contributed by atoms with Gasteiger partial charge in [-0.15, -0.1) is 0 Å². The molecule has 0 unspecified atom stereocenters. The lowest BCUT2D eigenvalue weighted by molar-refractivity contribution is 0.122. The number of aryl methyl sites for hydroxylation is 1. The molecule has 3 heterocycles. The first kappa shape index (κ1) is 23.1. The molecule has 3 N–H and O–H groups in total. The van der Waals surface area contributed by atoms with E-state index in [-0.39, 0.29) is 0 Å². The minimum atomic E-state index is 0.506. The van der Waals surface area contributed by atoms with Crippen LogP contribution >= 0.6 is 0 Å². The fourth-order valence-corrected chi connectivity index (χ4v) is 5.49. The van der Waals surface area contributed by atoms with Gasteiger partial charge in [0.25, 0.3) is 0 Å². The monoisotopic (exact) mass is 462 g/mol. The Morgan fingerprint density at radius 1 is 1.09 bits per heavy atom. The van der Waals surface area contributed by atoms with Crippen molar-refractivity contribution in [2.24, 2.45) is 5.73 Å². The van der Waals surface area contributed by atoms with Gasteiger partial charge in [-0.1, -0.05) is 18.2 Å². The second-order valence-electron chi connectivity index (χ2n) is 9.82. The quantitative estimate of drug-likeness (QED) is 0.560. The molecular weight excluding hydrogens is 424 g/mol. The minimum Gasteiger partial charge on any atom is -0.378 e. The van der Waals surface area contributed by atoms with Crippen molar-refractivity contribution in [3.63, 3.8) is 0 Å². The van der Waals surface area contributed by atoms with Crippen molar-refractivity contribution in [1.29, 1.82) is 0 Å². The van der Waals surface area contributed by atoms with Crippen LogP contribution in [0.3, 0.4) is 0 Å². The van der Waals surface area contributed by atoms with E-state index in [2.05, 4.69) is 70.1 Å². The highest BCUT2D eigenvalue weighted by atomic mass is 16.5. The molecule has 2 fully saturated rings. The molecule has 7 heteroatoms. The smallest absolute Gasteiger partial charge is 0.204 e. The Morgan fingerprint density at radius 2 is 1.88 bits per heavy atom. The number of ether oxygens (including phenoxy) is 1. The van der Waals surface area contributed by atoms with Gasteiger partial charge in [0.1, 0.15) is 0 Å². The molecule has 0 radical (unpaired) electrons. The number of piperidine rings is 1. The van der Waals surface area contributed by atoms with Crippen LogP contribution in [0, 0.1) is 6.92 Å². The van der Waals surface area contributed by atoms with Crippen molar-refractivity contribution in [2.75, 3.05) is 69.3 Å². The average Bonchev–Trinajstić information content (AvgIpc) is 3.29. The number of nitrogens with two attached hydrogens (primary N) is 1. The topological polar surface area (TPSA) is 73.7 Å². The van der Waals surface area contributed by atoms with Gasteiger partial charge in [-0.25, -0.2) is 4.98 Å². The van der Waals surface area contributed by atoms with E-state index in [9.17, 15) is 0 Å². The lowest BCUT2D eigenvalue weighted by Gasteiger charge is -2.35. The van der Waals surface area contributed by atoms with Gasteiger partial charge in [0.15, 0.2) is 0 Å². The maximum absolute atomic E-state index is 5.84. The molecule has 0 saturated carbocycles. The molecule has 0 spiro atoms. The Labute approximate surface area is 202 Å². The first-order valence-corrected chi connectivity index (χ1v) is 12.7. The maximum atomic E-state index is 5.84. The van der Waals surface area contributed by atoms with Gasteiger partial charge in [0.2, 0.25) is 5.95 Å². The number of anilines is 2. The maximum Gasteiger partial charge on any atom is 0.204 e. The summed E-state index contributed by atoms with van der Waals surface area (Å²) >= 11 is 0. The van der Waals surface area contributed by atoms with Crippen LogP contribution in [-0.4, -0.2) is 74.4 Å². The molecule has 2 aromatic carbocycles. The Balaban J connectivity index is 1.44. The van der Waals surface area contributed by atoms with Gasteiger partial charge in [-0.3, -0.25) is 0 Å². The molecule has 34 heavy (non-hydrogen) atoms. The second-order valence-corrected chi connectivity index (χ2v) is 9.82. The molecule has 0 amide bonds. The predicted octanol–water partition coefficient (Wildman–Crippen LogP) is 3.48. The van der Waals surface area contributed by atoms with Gasteiger partial charge in [0.05, 0.1) is 24.2 Å². The zero-order valence-corrected chi connectivity index (χ0v) is 20.6. The van der Waals surface area contributed by atoms with Crippen LogP contribution in [-0.2, 0) is 11.3 Å². The summed E-state index contributed by atoms with van der Waals surface area (Å²) in [7, 11) is 2.16. The summed E-state index contributed by atoms with van der Waals surface area (Å²) in [6.45, 7) is 10.1. The number of hydrogen-bond donors (Lipinski definition) is 2. The van der Waals surface area contributed by atoms with E-state index in [1.54, 1.807) is 0 Å². The summed E-state index contributed by atoms with van der Waals surface area (Å²) < 4.78 is 5.55. The zero-order valence-electron chi connectivity index (χ0n) is 20.6. The molecule has 0 bridgehead atoms. The number of aromatic amines is 1. The van der Waals surface area contributed by atoms with Crippen molar-refractivity contribution in [3.8, 4) is 0 Å². The van der Waals surface area contributed by atoms with Gasteiger partial charge < -0.3 is 30.2 Å². The highest BCUT2D eigenvalue weighted by molar-refractivity contribution is 5.83. The van der Waals surface area contributed by atoms with E-state index in [0.29, 0.717) is 12.5 Å². The average molecular weight is 463 g/mol. The molecule has 1 aromatic heterocycles. The number of benzene rings is 2. The van der Waals surface area contributed by atoms with Crippen LogP contribution in [0.1, 0.15) is 35.4 Å². The van der Waals surface area contributed by atoms with E-state index in [0.717, 1.165) is 82.3 Å². The number of nitrogens with zero attached hydrogens (tertiary/aromatic N) is 4. The van der Waals surface area contributed by atoms with E-state index in [1.165, 1.54) is 22.4 Å². The SMILES string of the molecule is Cc1cccc(N2CCC(c3c(CN(C)CCN)ccc4[nH]c(N5CCOCC5)nc34)CC2)c1. The Bertz CT molecular complexity index is 1100. The number of hydrogen-bond acceptors (Lipinski definition) is 6. The molecule has 0 aliphatic carbocycles. The largest absolute Gasteiger partial charge is 0.378 e. The zero-order chi connectivity index (χ0) is 23.5. The number of fused-ring (bicyclic) bond motifs is 1. The van der Waals surface area contributed by atoms with E-state index in [1.807, 2.05) is 0 Å². The summed E-state index contributed by atoms with van der Waals surface area (Å²) in [6.07, 6.45) is 2.28. The number of rotatable bonds is 7. The first-order chi connectivity index (χ1) is 16.6. The van der Waals surface area contributed by atoms with Crippen LogP contribution < -0.4 is 15.5 Å². The number of nitrogens with one attached hydrogen (secondary N) is 1. The standard InChI is InChI=1S/C27H38N6O/c1-20-4-3-5-23(18-20)32-11-8-21(9-12-32)25-22(19-31(2)13-10-28)6-7-24-26(25)30-27(29-24)33-14-16-34-17-15-33/h3-7,18,21H,8-17,19,28H2,1-2H3,(H,29,30). The third kappa shape index (κ3) is 4.92. The van der Waals surface area contributed by atoms with Crippen molar-refractivity contribution in [3.05, 3.63) is 53.1 Å². The number of imidazole rings is 1. The Hall–Kier alpha value is -2.61. The molecule has 7 nitrogen and oxygen atoms in total. The van der Waals surface area contributed by atoms with Crippen LogP contribution in [0.5, 0.6) is 0 Å². The van der Waals surface area contributed by atoms with Crippen molar-refractivity contribution in [2.45, 2.75) is 32.2 Å². The summed E-state index contributed by atoms with van der Waals surface area (Å²) in [5.41, 5.74) is 13.6. The molecule has 5 rings (SSSR count). The number of likely N-dealkylation sites (N-methyl/N-ethyl adjacent to an activating group) is 1. The van der Waals surface area contributed by atoms with Crippen LogP contribution in [0.4, 0.5) is 11.6 Å². The summed E-state index contributed by atoms with van der Waals surface area (Å²) in [6, 6.07) is 13.4. The van der Waals surface area contributed by atoms with Crippen LogP contribution in [0.15, 0.2) is 36.4 Å². The fraction of sp³-hybridized carbons (Fsp3) is 0.519. The van der Waals surface area contributed by atoms with E-state index in [4.69, 9.17) is 15.5 Å². The number of morpholine rings is 1. The molecule has 2 aliphatic heterocycles. The fourth-order valence-electron chi connectivity index (χ4n) is 5.49. The van der Waals surface area contributed by atoms with Gasteiger partial charge in [-0.05, 0) is 67.6 Å². The lowest BCUT2D eigenvalue weighted by Crippen LogP contribution is -2.36.